The number of halogens is 1. The first-order chi connectivity index (χ1) is 8.21. The molecule has 2 nitrogen and oxygen atoms in total. The quantitative estimate of drug-likeness (QED) is 0.832. The molecule has 0 unspecified atom stereocenters. The molecule has 0 atom stereocenters. The van der Waals surface area contributed by atoms with Gasteiger partial charge in [0, 0.05) is 4.47 Å². The monoisotopic (exact) mass is 299 g/mol. The van der Waals surface area contributed by atoms with E-state index in [1.165, 1.54) is 18.4 Å². The van der Waals surface area contributed by atoms with Crippen molar-refractivity contribution in [3.8, 4) is 5.75 Å². The Bertz CT molecular complexity index is 337. The highest BCUT2D eigenvalue weighted by atomic mass is 79.9. The van der Waals surface area contributed by atoms with E-state index >= 15 is 0 Å². The van der Waals surface area contributed by atoms with Crippen molar-refractivity contribution in [2.75, 3.05) is 13.2 Å². The maximum Gasteiger partial charge on any atom is 0.119 e. The fraction of sp³-hybridized carbons (Fsp3) is 0.571. The summed E-state index contributed by atoms with van der Waals surface area (Å²) in [6, 6.07) is 6.12. The van der Waals surface area contributed by atoms with Gasteiger partial charge in [-0.3, -0.25) is 0 Å². The Labute approximate surface area is 113 Å². The second-order valence-corrected chi connectivity index (χ2v) is 5.14. The van der Waals surface area contributed by atoms with Crippen molar-refractivity contribution in [3.63, 3.8) is 0 Å². The van der Waals surface area contributed by atoms with Gasteiger partial charge in [-0.25, -0.2) is 0 Å². The topological polar surface area (TPSA) is 35.2 Å². The number of benzene rings is 1. The average molecular weight is 300 g/mol. The second-order valence-electron chi connectivity index (χ2n) is 4.29. The average Bonchev–Trinajstić information content (AvgIpc) is 2.34. The van der Waals surface area contributed by atoms with Gasteiger partial charge in [0.15, 0.2) is 0 Å². The fourth-order valence-electron chi connectivity index (χ4n) is 1.73. The van der Waals surface area contributed by atoms with Gasteiger partial charge in [-0.1, -0.05) is 42.6 Å². The summed E-state index contributed by atoms with van der Waals surface area (Å²) in [4.78, 5) is 0. The molecule has 0 spiro atoms. The summed E-state index contributed by atoms with van der Waals surface area (Å²) in [6.07, 6.45) is 3.22. The first-order valence-corrected chi connectivity index (χ1v) is 7.11. The van der Waals surface area contributed by atoms with E-state index < -0.39 is 0 Å². The Kier molecular flexibility index (Phi) is 6.60. The van der Waals surface area contributed by atoms with E-state index in [2.05, 4.69) is 35.8 Å². The van der Waals surface area contributed by atoms with E-state index in [4.69, 9.17) is 10.5 Å². The lowest BCUT2D eigenvalue weighted by atomic mass is 10.1. The third-order valence-corrected chi connectivity index (χ3v) is 3.84. The molecule has 0 aliphatic heterocycles. The summed E-state index contributed by atoms with van der Waals surface area (Å²) in [5.74, 6) is 1.60. The Morgan fingerprint density at radius 3 is 2.59 bits per heavy atom. The Balaban J connectivity index is 2.62. The molecule has 0 saturated carbocycles. The number of hydrogen-bond acceptors (Lipinski definition) is 2. The summed E-state index contributed by atoms with van der Waals surface area (Å²) >= 11 is 3.53. The first kappa shape index (κ1) is 14.5. The first-order valence-electron chi connectivity index (χ1n) is 6.32. The molecule has 96 valence electrons. The fourth-order valence-corrected chi connectivity index (χ4v) is 2.17. The van der Waals surface area contributed by atoms with E-state index in [1.54, 1.807) is 0 Å². The number of rotatable bonds is 7. The van der Waals surface area contributed by atoms with Gasteiger partial charge in [0.1, 0.15) is 5.75 Å². The second kappa shape index (κ2) is 7.72. The van der Waals surface area contributed by atoms with Crippen LogP contribution in [-0.4, -0.2) is 13.2 Å². The lowest BCUT2D eigenvalue weighted by molar-refractivity contribution is 0.240. The van der Waals surface area contributed by atoms with Crippen molar-refractivity contribution >= 4 is 15.9 Å². The SMILES string of the molecule is CCC(CC)COc1ccc(Br)c(CCN)c1. The molecule has 1 aromatic rings. The predicted molar refractivity (Wildman–Crippen MR) is 76.5 cm³/mol. The molecule has 0 heterocycles. The van der Waals surface area contributed by atoms with Gasteiger partial charge in [-0.15, -0.1) is 0 Å². The van der Waals surface area contributed by atoms with Gasteiger partial charge in [-0.2, -0.15) is 0 Å². The molecule has 2 N–H and O–H groups in total. The molecule has 0 amide bonds. The Morgan fingerprint density at radius 1 is 1.29 bits per heavy atom. The van der Waals surface area contributed by atoms with Crippen LogP contribution in [0.1, 0.15) is 32.3 Å². The molecule has 0 fully saturated rings. The third-order valence-electron chi connectivity index (χ3n) is 3.07. The van der Waals surface area contributed by atoms with Crippen LogP contribution in [0.3, 0.4) is 0 Å². The van der Waals surface area contributed by atoms with Crippen LogP contribution in [0.15, 0.2) is 22.7 Å². The van der Waals surface area contributed by atoms with Crippen molar-refractivity contribution in [1.29, 1.82) is 0 Å². The molecule has 0 saturated heterocycles. The van der Waals surface area contributed by atoms with Crippen LogP contribution in [0, 0.1) is 5.92 Å². The van der Waals surface area contributed by atoms with E-state index in [0.29, 0.717) is 12.5 Å². The maximum atomic E-state index is 5.83. The molecule has 0 aliphatic carbocycles. The number of hydrogen-bond donors (Lipinski definition) is 1. The minimum absolute atomic E-state index is 0.650. The molecule has 1 rings (SSSR count). The predicted octanol–water partition coefficient (Wildman–Crippen LogP) is 3.77. The normalized spacial score (nSPS) is 10.9. The zero-order valence-corrected chi connectivity index (χ0v) is 12.3. The lowest BCUT2D eigenvalue weighted by Gasteiger charge is -2.14. The van der Waals surface area contributed by atoms with Crippen molar-refractivity contribution in [2.45, 2.75) is 33.1 Å². The van der Waals surface area contributed by atoms with E-state index in [1.807, 2.05) is 12.1 Å². The molecule has 3 heteroatoms. The summed E-state index contributed by atoms with van der Waals surface area (Å²) in [7, 11) is 0. The standard InChI is InChI=1S/C14H22BrNO/c1-3-11(4-2)10-17-13-5-6-14(15)12(9-13)7-8-16/h5-6,9,11H,3-4,7-8,10,16H2,1-2H3. The van der Waals surface area contributed by atoms with Gasteiger partial charge in [0.25, 0.3) is 0 Å². The molecule has 0 radical (unpaired) electrons. The van der Waals surface area contributed by atoms with Crippen molar-refractivity contribution in [1.82, 2.24) is 0 Å². The van der Waals surface area contributed by atoms with E-state index in [-0.39, 0.29) is 0 Å². The lowest BCUT2D eigenvalue weighted by Crippen LogP contribution is -2.10. The molecule has 1 aromatic carbocycles. The van der Waals surface area contributed by atoms with Crippen LogP contribution in [-0.2, 0) is 6.42 Å². The molecule has 17 heavy (non-hydrogen) atoms. The third kappa shape index (κ3) is 4.68. The largest absolute Gasteiger partial charge is 0.493 e. The number of ether oxygens (including phenoxy) is 1. The summed E-state index contributed by atoms with van der Waals surface area (Å²) in [5, 5.41) is 0. The van der Waals surface area contributed by atoms with Crippen molar-refractivity contribution in [2.24, 2.45) is 11.7 Å². The summed E-state index contributed by atoms with van der Waals surface area (Å²) in [6.45, 7) is 5.88. The minimum Gasteiger partial charge on any atom is -0.493 e. The van der Waals surface area contributed by atoms with Crippen LogP contribution in [0.2, 0.25) is 0 Å². The zero-order chi connectivity index (χ0) is 12.7. The van der Waals surface area contributed by atoms with Crippen molar-refractivity contribution < 1.29 is 4.74 Å². The maximum absolute atomic E-state index is 5.83. The highest BCUT2D eigenvalue weighted by Gasteiger charge is 2.06. The Hall–Kier alpha value is -0.540. The molecular weight excluding hydrogens is 278 g/mol. The van der Waals surface area contributed by atoms with Crippen LogP contribution in [0.5, 0.6) is 5.75 Å². The van der Waals surface area contributed by atoms with Crippen molar-refractivity contribution in [3.05, 3.63) is 28.2 Å². The smallest absolute Gasteiger partial charge is 0.119 e. The van der Waals surface area contributed by atoms with E-state index in [0.717, 1.165) is 23.2 Å². The van der Waals surface area contributed by atoms with Gasteiger partial charge >= 0.3 is 0 Å². The minimum atomic E-state index is 0.650. The summed E-state index contributed by atoms with van der Waals surface area (Å²) in [5.41, 5.74) is 6.80. The van der Waals surface area contributed by atoms with Crippen LogP contribution in [0.4, 0.5) is 0 Å². The van der Waals surface area contributed by atoms with Gasteiger partial charge in [0.2, 0.25) is 0 Å². The summed E-state index contributed by atoms with van der Waals surface area (Å²) < 4.78 is 6.94. The molecule has 0 aromatic heterocycles. The van der Waals surface area contributed by atoms with Gasteiger partial charge in [0.05, 0.1) is 6.61 Å². The highest BCUT2D eigenvalue weighted by molar-refractivity contribution is 9.10. The molecular formula is C14H22BrNO. The van der Waals surface area contributed by atoms with Crippen LogP contribution >= 0.6 is 15.9 Å². The molecule has 0 aliphatic rings. The van der Waals surface area contributed by atoms with Gasteiger partial charge in [-0.05, 0) is 42.6 Å². The van der Waals surface area contributed by atoms with Crippen LogP contribution in [0.25, 0.3) is 0 Å². The van der Waals surface area contributed by atoms with Gasteiger partial charge < -0.3 is 10.5 Å². The highest BCUT2D eigenvalue weighted by Crippen LogP contribution is 2.23. The Morgan fingerprint density at radius 2 is 2.00 bits per heavy atom. The zero-order valence-electron chi connectivity index (χ0n) is 10.7. The number of nitrogens with two attached hydrogens (primary N) is 1. The molecule has 0 bridgehead atoms. The van der Waals surface area contributed by atoms with Crippen LogP contribution < -0.4 is 10.5 Å². The van der Waals surface area contributed by atoms with E-state index in [9.17, 15) is 0 Å².